The van der Waals surface area contributed by atoms with Crippen LogP contribution in [-0.2, 0) is 10.0 Å². The van der Waals surface area contributed by atoms with Gasteiger partial charge in [-0.3, -0.25) is 4.98 Å². The largest absolute Gasteiger partial charge is 0.388 e. The molecule has 2 heterocycles. The lowest BCUT2D eigenvalue weighted by atomic mass is 10.3. The van der Waals surface area contributed by atoms with Crippen LogP contribution in [0.2, 0.25) is 0 Å². The summed E-state index contributed by atoms with van der Waals surface area (Å²) in [5.74, 6) is 0. The molecule has 0 amide bonds. The molecule has 0 radical (unpaired) electrons. The van der Waals surface area contributed by atoms with Gasteiger partial charge in [-0.1, -0.05) is 18.3 Å². The topological polar surface area (TPSA) is 76.3 Å². The SMILES string of the molecule is CC(c1cccs1)N(C)S(=O)(=O)c1ccc(C(N)=S)nc1. The van der Waals surface area contributed by atoms with Gasteiger partial charge in [-0.2, -0.15) is 4.31 Å². The number of nitrogens with two attached hydrogens (primary N) is 1. The van der Waals surface area contributed by atoms with Crippen molar-refractivity contribution >= 4 is 38.6 Å². The molecule has 2 aromatic heterocycles. The van der Waals surface area contributed by atoms with E-state index in [0.29, 0.717) is 5.69 Å². The fourth-order valence-corrected chi connectivity index (χ4v) is 4.06. The summed E-state index contributed by atoms with van der Waals surface area (Å²) in [4.78, 5) is 5.22. The monoisotopic (exact) mass is 341 g/mol. The molecule has 0 fully saturated rings. The first-order valence-corrected chi connectivity index (χ1v) is 8.84. The summed E-state index contributed by atoms with van der Waals surface area (Å²) in [5.41, 5.74) is 5.86. The highest BCUT2D eigenvalue weighted by atomic mass is 32.2. The van der Waals surface area contributed by atoms with Crippen molar-refractivity contribution in [2.45, 2.75) is 17.9 Å². The van der Waals surface area contributed by atoms with Crippen molar-refractivity contribution in [3.8, 4) is 0 Å². The smallest absolute Gasteiger partial charge is 0.244 e. The lowest BCUT2D eigenvalue weighted by molar-refractivity contribution is 0.402. The summed E-state index contributed by atoms with van der Waals surface area (Å²) in [6, 6.07) is 6.54. The highest BCUT2D eigenvalue weighted by molar-refractivity contribution is 7.89. The van der Waals surface area contributed by atoms with Crippen LogP contribution >= 0.6 is 23.6 Å². The Bertz CT molecular complexity index is 725. The summed E-state index contributed by atoms with van der Waals surface area (Å²) in [6.07, 6.45) is 1.28. The Balaban J connectivity index is 2.30. The average molecular weight is 341 g/mol. The summed E-state index contributed by atoms with van der Waals surface area (Å²) in [6.45, 7) is 1.85. The second-order valence-corrected chi connectivity index (χ2v) is 7.87. The second kappa shape index (κ2) is 6.18. The number of rotatable bonds is 5. The van der Waals surface area contributed by atoms with Gasteiger partial charge in [0.2, 0.25) is 10.0 Å². The van der Waals surface area contributed by atoms with Crippen molar-refractivity contribution in [1.29, 1.82) is 0 Å². The first-order chi connectivity index (χ1) is 9.84. The van der Waals surface area contributed by atoms with Gasteiger partial charge < -0.3 is 5.73 Å². The molecule has 2 rings (SSSR count). The van der Waals surface area contributed by atoms with E-state index < -0.39 is 10.0 Å². The number of thiocarbonyl (C=S) groups is 1. The van der Waals surface area contributed by atoms with Crippen molar-refractivity contribution in [2.75, 3.05) is 7.05 Å². The molecule has 1 unspecified atom stereocenters. The molecule has 0 aliphatic heterocycles. The molecule has 112 valence electrons. The van der Waals surface area contributed by atoms with E-state index in [4.69, 9.17) is 18.0 Å². The number of thiophene rings is 1. The zero-order valence-corrected chi connectivity index (χ0v) is 14.0. The zero-order chi connectivity index (χ0) is 15.6. The van der Waals surface area contributed by atoms with E-state index in [1.807, 2.05) is 24.4 Å². The van der Waals surface area contributed by atoms with Gasteiger partial charge in [0.05, 0.1) is 11.7 Å². The molecule has 21 heavy (non-hydrogen) atoms. The Morgan fingerprint density at radius 3 is 2.62 bits per heavy atom. The zero-order valence-electron chi connectivity index (χ0n) is 11.6. The quantitative estimate of drug-likeness (QED) is 0.844. The molecule has 0 saturated heterocycles. The molecule has 0 saturated carbocycles. The van der Waals surface area contributed by atoms with Gasteiger partial charge in [-0.25, -0.2) is 8.42 Å². The Kier molecular flexibility index (Phi) is 4.72. The molecule has 2 N–H and O–H groups in total. The number of aromatic nitrogens is 1. The molecular weight excluding hydrogens is 326 g/mol. The predicted octanol–water partition coefficient (Wildman–Crippen LogP) is 2.16. The van der Waals surface area contributed by atoms with Crippen molar-refractivity contribution in [2.24, 2.45) is 5.73 Å². The first-order valence-electron chi connectivity index (χ1n) is 6.11. The summed E-state index contributed by atoms with van der Waals surface area (Å²) >= 11 is 6.32. The Labute approximate surface area is 133 Å². The van der Waals surface area contributed by atoms with Crippen LogP contribution in [0.5, 0.6) is 0 Å². The minimum atomic E-state index is -3.61. The molecule has 8 heteroatoms. The third-order valence-corrected chi connectivity index (χ3v) is 6.33. The normalized spacial score (nSPS) is 13.3. The first kappa shape index (κ1) is 16.0. The number of nitrogens with zero attached hydrogens (tertiary/aromatic N) is 2. The van der Waals surface area contributed by atoms with Gasteiger partial charge in [0.15, 0.2) is 0 Å². The Morgan fingerprint density at radius 1 is 1.43 bits per heavy atom. The van der Waals surface area contributed by atoms with E-state index >= 15 is 0 Å². The van der Waals surface area contributed by atoms with Crippen molar-refractivity contribution in [3.63, 3.8) is 0 Å². The van der Waals surface area contributed by atoms with Gasteiger partial charge in [-0.05, 0) is 30.5 Å². The molecule has 0 aromatic carbocycles. The van der Waals surface area contributed by atoms with E-state index in [-0.39, 0.29) is 15.9 Å². The van der Waals surface area contributed by atoms with Crippen LogP contribution in [-0.4, -0.2) is 29.7 Å². The minimum Gasteiger partial charge on any atom is -0.388 e. The minimum absolute atomic E-state index is 0.119. The molecule has 0 aliphatic carbocycles. The van der Waals surface area contributed by atoms with Crippen LogP contribution in [0.15, 0.2) is 40.7 Å². The van der Waals surface area contributed by atoms with Crippen LogP contribution in [0.1, 0.15) is 23.5 Å². The Hall–Kier alpha value is -1.35. The number of pyridine rings is 1. The van der Waals surface area contributed by atoms with Crippen LogP contribution in [0.25, 0.3) is 0 Å². The van der Waals surface area contributed by atoms with Gasteiger partial charge in [0, 0.05) is 18.1 Å². The maximum absolute atomic E-state index is 12.6. The third-order valence-electron chi connectivity index (χ3n) is 3.17. The van der Waals surface area contributed by atoms with E-state index in [1.54, 1.807) is 7.05 Å². The second-order valence-electron chi connectivity index (χ2n) is 4.46. The van der Waals surface area contributed by atoms with Gasteiger partial charge in [0.25, 0.3) is 0 Å². The molecule has 5 nitrogen and oxygen atoms in total. The van der Waals surface area contributed by atoms with Crippen LogP contribution in [0.3, 0.4) is 0 Å². The third kappa shape index (κ3) is 3.29. The lowest BCUT2D eigenvalue weighted by Crippen LogP contribution is -2.29. The number of hydrogen-bond acceptors (Lipinski definition) is 5. The maximum Gasteiger partial charge on any atom is 0.244 e. The molecule has 1 atom stereocenters. The van der Waals surface area contributed by atoms with Gasteiger partial charge in [-0.15, -0.1) is 11.3 Å². The van der Waals surface area contributed by atoms with Crippen molar-refractivity contribution in [3.05, 3.63) is 46.4 Å². The Morgan fingerprint density at radius 2 is 2.14 bits per heavy atom. The average Bonchev–Trinajstić information content (AvgIpc) is 3.00. The fraction of sp³-hybridized carbons (Fsp3) is 0.231. The van der Waals surface area contributed by atoms with Crippen LogP contribution < -0.4 is 5.73 Å². The fourth-order valence-electron chi connectivity index (χ4n) is 1.76. The van der Waals surface area contributed by atoms with Gasteiger partial charge >= 0.3 is 0 Å². The molecule has 0 bridgehead atoms. The van der Waals surface area contributed by atoms with E-state index in [0.717, 1.165) is 4.88 Å². The lowest BCUT2D eigenvalue weighted by Gasteiger charge is -2.23. The summed E-state index contributed by atoms with van der Waals surface area (Å²) < 4.78 is 26.5. The highest BCUT2D eigenvalue weighted by Crippen LogP contribution is 2.28. The van der Waals surface area contributed by atoms with E-state index in [1.165, 1.54) is 34.0 Å². The van der Waals surface area contributed by atoms with Crippen molar-refractivity contribution < 1.29 is 8.42 Å². The summed E-state index contributed by atoms with van der Waals surface area (Å²) in [5, 5.41) is 1.92. The molecule has 2 aromatic rings. The molecular formula is C13H15N3O2S3. The highest BCUT2D eigenvalue weighted by Gasteiger charge is 2.27. The standard InChI is InChI=1S/C13H15N3O2S3/c1-9(12-4-3-7-20-12)16(2)21(17,18)10-5-6-11(13(14)19)15-8-10/h3-9H,1-2H3,(H2,14,19). The predicted molar refractivity (Wildman–Crippen MR) is 87.8 cm³/mol. The molecule has 0 spiro atoms. The molecule has 0 aliphatic rings. The summed E-state index contributed by atoms with van der Waals surface area (Å²) in [7, 11) is -2.06. The van der Waals surface area contributed by atoms with Crippen molar-refractivity contribution in [1.82, 2.24) is 9.29 Å². The maximum atomic E-state index is 12.6. The van der Waals surface area contributed by atoms with E-state index in [2.05, 4.69) is 4.98 Å². The number of sulfonamides is 1. The van der Waals surface area contributed by atoms with Crippen LogP contribution in [0, 0.1) is 0 Å². The van der Waals surface area contributed by atoms with E-state index in [9.17, 15) is 8.42 Å². The van der Waals surface area contributed by atoms with Gasteiger partial charge in [0.1, 0.15) is 9.88 Å². The number of hydrogen-bond donors (Lipinski definition) is 1. The van der Waals surface area contributed by atoms with Crippen LogP contribution in [0.4, 0.5) is 0 Å².